The number of anilines is 2. The van der Waals surface area contributed by atoms with E-state index in [0.717, 1.165) is 30.5 Å². The summed E-state index contributed by atoms with van der Waals surface area (Å²) < 4.78 is 1.79. The summed E-state index contributed by atoms with van der Waals surface area (Å²) in [6.45, 7) is 4.47. The fourth-order valence-electron chi connectivity index (χ4n) is 2.29. The van der Waals surface area contributed by atoms with E-state index in [0.29, 0.717) is 0 Å². The second-order valence-corrected chi connectivity index (χ2v) is 4.42. The number of hydrogen-bond donors (Lipinski definition) is 1. The summed E-state index contributed by atoms with van der Waals surface area (Å²) in [5.41, 5.74) is 6.71. The van der Waals surface area contributed by atoms with Crippen molar-refractivity contribution in [2.24, 2.45) is 13.0 Å². The first-order valence-electron chi connectivity index (χ1n) is 5.74. The van der Waals surface area contributed by atoms with Crippen molar-refractivity contribution in [3.8, 4) is 0 Å². The van der Waals surface area contributed by atoms with Crippen molar-refractivity contribution in [2.45, 2.75) is 26.2 Å². The molecule has 2 N–H and O–H groups in total. The summed E-state index contributed by atoms with van der Waals surface area (Å²) in [5, 5.41) is 4.40. The van der Waals surface area contributed by atoms with E-state index < -0.39 is 0 Å². The molecule has 84 valence electrons. The van der Waals surface area contributed by atoms with Crippen molar-refractivity contribution in [2.75, 3.05) is 23.7 Å². The molecule has 4 nitrogen and oxygen atoms in total. The first-order valence-corrected chi connectivity index (χ1v) is 5.74. The van der Waals surface area contributed by atoms with Gasteiger partial charge in [0.25, 0.3) is 0 Å². The van der Waals surface area contributed by atoms with Crippen molar-refractivity contribution in [3.05, 3.63) is 6.20 Å². The van der Waals surface area contributed by atoms with Gasteiger partial charge >= 0.3 is 0 Å². The molecule has 0 saturated carbocycles. The average molecular weight is 208 g/mol. The number of rotatable bonds is 2. The molecule has 0 aliphatic carbocycles. The maximum atomic E-state index is 5.91. The Kier molecular flexibility index (Phi) is 2.84. The van der Waals surface area contributed by atoms with Gasteiger partial charge in [-0.15, -0.1) is 0 Å². The van der Waals surface area contributed by atoms with Crippen LogP contribution in [0.3, 0.4) is 0 Å². The normalized spacial score (nSPS) is 18.4. The zero-order valence-electron chi connectivity index (χ0n) is 9.61. The van der Waals surface area contributed by atoms with Gasteiger partial charge in [-0.1, -0.05) is 13.3 Å². The largest absolute Gasteiger partial charge is 0.394 e. The van der Waals surface area contributed by atoms with Crippen LogP contribution in [0.4, 0.5) is 11.5 Å². The minimum Gasteiger partial charge on any atom is -0.394 e. The third-order valence-electron chi connectivity index (χ3n) is 3.33. The van der Waals surface area contributed by atoms with Crippen molar-refractivity contribution in [1.29, 1.82) is 0 Å². The lowest BCUT2D eigenvalue weighted by molar-refractivity contribution is 0.393. The molecule has 2 heterocycles. The molecule has 1 fully saturated rings. The van der Waals surface area contributed by atoms with Crippen LogP contribution in [0.2, 0.25) is 0 Å². The SMILES string of the molecule is CCC1CCN(c2nn(C)cc2N)CC1. The van der Waals surface area contributed by atoms with E-state index >= 15 is 0 Å². The lowest BCUT2D eigenvalue weighted by Crippen LogP contribution is -2.34. The summed E-state index contributed by atoms with van der Waals surface area (Å²) >= 11 is 0. The molecule has 0 atom stereocenters. The zero-order valence-corrected chi connectivity index (χ0v) is 9.61. The smallest absolute Gasteiger partial charge is 0.173 e. The molecular weight excluding hydrogens is 188 g/mol. The molecule has 0 amide bonds. The number of piperidine rings is 1. The number of hydrogen-bond acceptors (Lipinski definition) is 3. The van der Waals surface area contributed by atoms with E-state index in [1.165, 1.54) is 19.3 Å². The van der Waals surface area contributed by atoms with Crippen molar-refractivity contribution in [3.63, 3.8) is 0 Å². The van der Waals surface area contributed by atoms with E-state index in [4.69, 9.17) is 5.73 Å². The lowest BCUT2D eigenvalue weighted by Gasteiger charge is -2.31. The van der Waals surface area contributed by atoms with Gasteiger partial charge in [0.1, 0.15) is 0 Å². The van der Waals surface area contributed by atoms with Crippen molar-refractivity contribution in [1.82, 2.24) is 9.78 Å². The van der Waals surface area contributed by atoms with Gasteiger partial charge in [-0.3, -0.25) is 4.68 Å². The molecule has 0 aromatic carbocycles. The molecule has 0 spiro atoms. The minimum atomic E-state index is 0.799. The first kappa shape index (κ1) is 10.3. The lowest BCUT2D eigenvalue weighted by atomic mass is 9.94. The predicted octanol–water partition coefficient (Wildman–Crippen LogP) is 1.63. The van der Waals surface area contributed by atoms with Crippen molar-refractivity contribution < 1.29 is 0 Å². The molecule has 2 rings (SSSR count). The van der Waals surface area contributed by atoms with Gasteiger partial charge in [0.05, 0.1) is 5.69 Å². The third-order valence-corrected chi connectivity index (χ3v) is 3.33. The summed E-state index contributed by atoms with van der Waals surface area (Å²) in [7, 11) is 1.92. The Hall–Kier alpha value is -1.19. The summed E-state index contributed by atoms with van der Waals surface area (Å²) in [6.07, 6.45) is 5.71. The number of nitrogen functional groups attached to an aromatic ring is 1. The van der Waals surface area contributed by atoms with Crippen LogP contribution < -0.4 is 10.6 Å². The molecule has 4 heteroatoms. The Morgan fingerprint density at radius 3 is 2.60 bits per heavy atom. The molecular formula is C11H20N4. The Morgan fingerprint density at radius 2 is 2.13 bits per heavy atom. The topological polar surface area (TPSA) is 47.1 Å². The standard InChI is InChI=1S/C11H20N4/c1-3-9-4-6-15(7-5-9)11-10(12)8-14(2)13-11/h8-9H,3-7,12H2,1-2H3. The molecule has 1 aromatic heterocycles. The fraction of sp³-hybridized carbons (Fsp3) is 0.727. The maximum Gasteiger partial charge on any atom is 0.173 e. The van der Waals surface area contributed by atoms with Gasteiger partial charge in [0.2, 0.25) is 0 Å². The van der Waals surface area contributed by atoms with E-state index in [1.807, 2.05) is 13.2 Å². The van der Waals surface area contributed by atoms with Crippen LogP contribution in [-0.4, -0.2) is 22.9 Å². The van der Waals surface area contributed by atoms with Gasteiger partial charge < -0.3 is 10.6 Å². The van der Waals surface area contributed by atoms with Gasteiger partial charge in [0.15, 0.2) is 5.82 Å². The van der Waals surface area contributed by atoms with Crippen molar-refractivity contribution >= 4 is 11.5 Å². The van der Waals surface area contributed by atoms with Crippen LogP contribution in [0.25, 0.3) is 0 Å². The van der Waals surface area contributed by atoms with E-state index in [-0.39, 0.29) is 0 Å². The van der Waals surface area contributed by atoms with E-state index in [2.05, 4.69) is 16.9 Å². The Bertz CT molecular complexity index is 323. The van der Waals surface area contributed by atoms with E-state index in [1.54, 1.807) is 4.68 Å². The van der Waals surface area contributed by atoms with Crippen LogP contribution in [0.15, 0.2) is 6.20 Å². The maximum absolute atomic E-state index is 5.91. The highest BCUT2D eigenvalue weighted by molar-refractivity contribution is 5.61. The van der Waals surface area contributed by atoms with Gasteiger partial charge in [-0.25, -0.2) is 0 Å². The van der Waals surface area contributed by atoms with Crippen LogP contribution in [0.1, 0.15) is 26.2 Å². The van der Waals surface area contributed by atoms with Gasteiger partial charge in [-0.2, -0.15) is 5.10 Å². The molecule has 0 unspecified atom stereocenters. The Labute approximate surface area is 91.1 Å². The monoisotopic (exact) mass is 208 g/mol. The zero-order chi connectivity index (χ0) is 10.8. The molecule has 1 aliphatic rings. The van der Waals surface area contributed by atoms with Gasteiger partial charge in [-0.05, 0) is 18.8 Å². The predicted molar refractivity (Wildman–Crippen MR) is 62.8 cm³/mol. The quantitative estimate of drug-likeness (QED) is 0.803. The highest BCUT2D eigenvalue weighted by atomic mass is 15.3. The third kappa shape index (κ3) is 2.08. The molecule has 0 radical (unpaired) electrons. The van der Waals surface area contributed by atoms with Gasteiger partial charge in [0, 0.05) is 26.3 Å². The highest BCUT2D eigenvalue weighted by Crippen LogP contribution is 2.27. The summed E-state index contributed by atoms with van der Waals surface area (Å²) in [6, 6.07) is 0. The minimum absolute atomic E-state index is 0.799. The first-order chi connectivity index (χ1) is 7.20. The number of nitrogens with two attached hydrogens (primary N) is 1. The van der Waals surface area contributed by atoms with Crippen LogP contribution in [0, 0.1) is 5.92 Å². The van der Waals surface area contributed by atoms with Crippen LogP contribution in [0.5, 0.6) is 0 Å². The molecule has 1 aromatic rings. The van der Waals surface area contributed by atoms with Crippen LogP contribution >= 0.6 is 0 Å². The summed E-state index contributed by atoms with van der Waals surface area (Å²) in [5.74, 6) is 1.86. The molecule has 1 aliphatic heterocycles. The number of aryl methyl sites for hydroxylation is 1. The summed E-state index contributed by atoms with van der Waals surface area (Å²) in [4.78, 5) is 2.31. The average Bonchev–Trinajstić information content (AvgIpc) is 2.58. The molecule has 1 saturated heterocycles. The molecule has 0 bridgehead atoms. The second-order valence-electron chi connectivity index (χ2n) is 4.42. The highest BCUT2D eigenvalue weighted by Gasteiger charge is 2.21. The number of nitrogens with zero attached hydrogens (tertiary/aromatic N) is 3. The van der Waals surface area contributed by atoms with Crippen LogP contribution in [-0.2, 0) is 7.05 Å². The Balaban J connectivity index is 2.04. The second kappa shape index (κ2) is 4.13. The number of aromatic nitrogens is 2. The molecule has 15 heavy (non-hydrogen) atoms. The fourth-order valence-corrected chi connectivity index (χ4v) is 2.29. The Morgan fingerprint density at radius 1 is 1.47 bits per heavy atom. The van der Waals surface area contributed by atoms with E-state index in [9.17, 15) is 0 Å².